The lowest BCUT2D eigenvalue weighted by molar-refractivity contribution is -0.139. The Morgan fingerprint density at radius 1 is 1.67 bits per heavy atom. The highest BCUT2D eigenvalue weighted by Crippen LogP contribution is 2.56. The van der Waals surface area contributed by atoms with Crippen LogP contribution in [-0.4, -0.2) is 23.7 Å². The van der Waals surface area contributed by atoms with Gasteiger partial charge in [-0.25, -0.2) is 0 Å². The summed E-state index contributed by atoms with van der Waals surface area (Å²) < 4.78 is 0. The van der Waals surface area contributed by atoms with E-state index >= 15 is 0 Å². The second-order valence-electron chi connectivity index (χ2n) is 4.25. The first-order chi connectivity index (χ1) is 5.64. The van der Waals surface area contributed by atoms with E-state index in [1.165, 1.54) is 6.42 Å². The first-order valence-corrected chi connectivity index (χ1v) is 4.61. The quantitative estimate of drug-likeness (QED) is 0.644. The molecule has 0 bridgehead atoms. The summed E-state index contributed by atoms with van der Waals surface area (Å²) >= 11 is 0. The molecule has 2 fully saturated rings. The van der Waals surface area contributed by atoms with Gasteiger partial charge in [-0.1, -0.05) is 6.92 Å². The Bertz CT molecular complexity index is 211. The Morgan fingerprint density at radius 2 is 2.42 bits per heavy atom. The summed E-state index contributed by atoms with van der Waals surface area (Å²) in [5.41, 5.74) is 0.0579. The molecule has 12 heavy (non-hydrogen) atoms. The third-order valence-corrected chi connectivity index (χ3v) is 3.43. The average molecular weight is 169 g/mol. The predicted molar refractivity (Wildman–Crippen MR) is 44.9 cm³/mol. The molecule has 1 heterocycles. The molecule has 0 aromatic heterocycles. The summed E-state index contributed by atoms with van der Waals surface area (Å²) in [6.07, 6.45) is 3.22. The van der Waals surface area contributed by atoms with Gasteiger partial charge in [0, 0.05) is 6.04 Å². The zero-order valence-corrected chi connectivity index (χ0v) is 7.34. The van der Waals surface area contributed by atoms with Crippen molar-refractivity contribution in [2.75, 3.05) is 6.54 Å². The first kappa shape index (κ1) is 8.05. The highest BCUT2D eigenvalue weighted by Gasteiger charge is 2.59. The Kier molecular flexibility index (Phi) is 1.65. The van der Waals surface area contributed by atoms with E-state index in [1.54, 1.807) is 0 Å². The van der Waals surface area contributed by atoms with Crippen molar-refractivity contribution in [2.45, 2.75) is 32.2 Å². The Labute approximate surface area is 72.2 Å². The summed E-state index contributed by atoms with van der Waals surface area (Å²) in [7, 11) is 0. The molecule has 2 N–H and O–H groups in total. The van der Waals surface area contributed by atoms with Crippen molar-refractivity contribution in [1.29, 1.82) is 0 Å². The van der Waals surface area contributed by atoms with Crippen LogP contribution in [0.5, 0.6) is 0 Å². The number of hydrogen-bond acceptors (Lipinski definition) is 2. The van der Waals surface area contributed by atoms with Crippen LogP contribution in [-0.2, 0) is 4.79 Å². The highest BCUT2D eigenvalue weighted by atomic mass is 16.4. The summed E-state index contributed by atoms with van der Waals surface area (Å²) in [5.74, 6) is -0.709. The Hall–Kier alpha value is -0.570. The van der Waals surface area contributed by atoms with Crippen LogP contribution in [0.15, 0.2) is 0 Å². The molecule has 0 radical (unpaired) electrons. The third kappa shape index (κ3) is 1.04. The fourth-order valence-electron chi connectivity index (χ4n) is 2.38. The van der Waals surface area contributed by atoms with Crippen LogP contribution in [0, 0.1) is 11.3 Å². The zero-order chi connectivity index (χ0) is 8.77. The molecule has 1 saturated heterocycles. The number of carboxylic acids is 1. The molecule has 3 heteroatoms. The third-order valence-electron chi connectivity index (χ3n) is 3.43. The highest BCUT2D eigenvalue weighted by molar-refractivity contribution is 5.75. The van der Waals surface area contributed by atoms with Gasteiger partial charge in [-0.2, -0.15) is 0 Å². The number of carbonyl (C=O) groups is 1. The SMILES string of the molecule is C[C@]1(C2CCCN2)C[C@@H]1C(=O)O. The fraction of sp³-hybridized carbons (Fsp3) is 0.889. The second kappa shape index (κ2) is 2.46. The van der Waals surface area contributed by atoms with Gasteiger partial charge < -0.3 is 10.4 Å². The number of carboxylic acid groups (broad SMARTS) is 1. The topological polar surface area (TPSA) is 49.3 Å². The van der Waals surface area contributed by atoms with Gasteiger partial charge in [0.25, 0.3) is 0 Å². The first-order valence-electron chi connectivity index (χ1n) is 4.61. The molecule has 1 saturated carbocycles. The van der Waals surface area contributed by atoms with Crippen LogP contribution in [0.25, 0.3) is 0 Å². The normalized spacial score (nSPS) is 46.1. The second-order valence-corrected chi connectivity index (χ2v) is 4.25. The van der Waals surface area contributed by atoms with E-state index in [2.05, 4.69) is 12.2 Å². The minimum Gasteiger partial charge on any atom is -0.481 e. The van der Waals surface area contributed by atoms with Crippen LogP contribution >= 0.6 is 0 Å². The van der Waals surface area contributed by atoms with E-state index in [0.717, 1.165) is 19.4 Å². The lowest BCUT2D eigenvalue weighted by Gasteiger charge is -2.18. The minimum absolute atomic E-state index is 0.0579. The number of hydrogen-bond donors (Lipinski definition) is 2. The van der Waals surface area contributed by atoms with Gasteiger partial charge in [0.05, 0.1) is 5.92 Å². The van der Waals surface area contributed by atoms with E-state index in [-0.39, 0.29) is 11.3 Å². The predicted octanol–water partition coefficient (Wildman–Crippen LogP) is 0.849. The lowest BCUT2D eigenvalue weighted by Crippen LogP contribution is -2.32. The smallest absolute Gasteiger partial charge is 0.307 e. The molecule has 1 unspecified atom stereocenters. The molecular formula is C9H15NO2. The van der Waals surface area contributed by atoms with E-state index in [9.17, 15) is 4.79 Å². The van der Waals surface area contributed by atoms with E-state index in [1.807, 2.05) is 0 Å². The molecule has 0 amide bonds. The van der Waals surface area contributed by atoms with Gasteiger partial charge in [0.15, 0.2) is 0 Å². The van der Waals surface area contributed by atoms with Crippen molar-refractivity contribution in [2.24, 2.45) is 11.3 Å². The van der Waals surface area contributed by atoms with Crippen molar-refractivity contribution >= 4 is 5.97 Å². The number of nitrogens with one attached hydrogen (secondary N) is 1. The number of rotatable bonds is 2. The molecule has 3 atom stereocenters. The minimum atomic E-state index is -0.619. The van der Waals surface area contributed by atoms with Crippen molar-refractivity contribution in [1.82, 2.24) is 5.32 Å². The summed E-state index contributed by atoms with van der Waals surface area (Å²) in [6, 6.07) is 0.457. The van der Waals surface area contributed by atoms with Crippen LogP contribution in [0.1, 0.15) is 26.2 Å². The van der Waals surface area contributed by atoms with Crippen LogP contribution < -0.4 is 5.32 Å². The largest absolute Gasteiger partial charge is 0.481 e. The molecule has 1 aliphatic carbocycles. The van der Waals surface area contributed by atoms with E-state index < -0.39 is 5.97 Å². The maximum Gasteiger partial charge on any atom is 0.307 e. The molecule has 2 rings (SSSR count). The average Bonchev–Trinajstić information content (AvgIpc) is 2.52. The van der Waals surface area contributed by atoms with E-state index in [0.29, 0.717) is 6.04 Å². The molecule has 1 aliphatic heterocycles. The van der Waals surface area contributed by atoms with Gasteiger partial charge in [0.2, 0.25) is 0 Å². The summed E-state index contributed by atoms with van der Waals surface area (Å²) in [6.45, 7) is 3.15. The van der Waals surface area contributed by atoms with Gasteiger partial charge in [-0.3, -0.25) is 4.79 Å². The fourth-order valence-corrected chi connectivity index (χ4v) is 2.38. The summed E-state index contributed by atoms with van der Waals surface area (Å²) in [4.78, 5) is 10.7. The van der Waals surface area contributed by atoms with Gasteiger partial charge in [-0.05, 0) is 31.2 Å². The van der Waals surface area contributed by atoms with Crippen LogP contribution in [0.2, 0.25) is 0 Å². The van der Waals surface area contributed by atoms with Crippen LogP contribution in [0.4, 0.5) is 0 Å². The Balaban J connectivity index is 2.00. The molecule has 3 nitrogen and oxygen atoms in total. The van der Waals surface area contributed by atoms with Crippen molar-refractivity contribution < 1.29 is 9.90 Å². The van der Waals surface area contributed by atoms with Gasteiger partial charge in [0.1, 0.15) is 0 Å². The maximum atomic E-state index is 10.7. The zero-order valence-electron chi connectivity index (χ0n) is 7.34. The Morgan fingerprint density at radius 3 is 2.83 bits per heavy atom. The molecular weight excluding hydrogens is 154 g/mol. The van der Waals surface area contributed by atoms with Crippen LogP contribution in [0.3, 0.4) is 0 Å². The van der Waals surface area contributed by atoms with Gasteiger partial charge >= 0.3 is 5.97 Å². The maximum absolute atomic E-state index is 10.7. The standard InChI is InChI=1S/C9H15NO2/c1-9(5-6(9)8(11)12)7-3-2-4-10-7/h6-7,10H,2-5H2,1H3,(H,11,12)/t6-,7?,9+/m1/s1. The molecule has 0 aromatic carbocycles. The monoisotopic (exact) mass is 169 g/mol. The molecule has 2 aliphatic rings. The van der Waals surface area contributed by atoms with Crippen molar-refractivity contribution in [3.63, 3.8) is 0 Å². The van der Waals surface area contributed by atoms with Crippen molar-refractivity contribution in [3.05, 3.63) is 0 Å². The molecule has 68 valence electrons. The van der Waals surface area contributed by atoms with Gasteiger partial charge in [-0.15, -0.1) is 0 Å². The van der Waals surface area contributed by atoms with E-state index in [4.69, 9.17) is 5.11 Å². The lowest BCUT2D eigenvalue weighted by atomic mass is 9.94. The molecule has 0 aromatic rings. The molecule has 0 spiro atoms. The van der Waals surface area contributed by atoms with Crippen molar-refractivity contribution in [3.8, 4) is 0 Å². The summed E-state index contributed by atoms with van der Waals surface area (Å²) in [5, 5.41) is 12.2. The number of aliphatic carboxylic acids is 1.